The summed E-state index contributed by atoms with van der Waals surface area (Å²) in [5.74, 6) is -0.391. The molecule has 1 aromatic rings. The van der Waals surface area contributed by atoms with Gasteiger partial charge in [0.2, 0.25) is 0 Å². The number of benzene rings is 1. The lowest BCUT2D eigenvalue weighted by Crippen LogP contribution is -2.32. The van der Waals surface area contributed by atoms with Crippen LogP contribution in [-0.4, -0.2) is 11.7 Å². The van der Waals surface area contributed by atoms with Gasteiger partial charge in [-0.3, -0.25) is 0 Å². The second kappa shape index (κ2) is 4.47. The van der Waals surface area contributed by atoms with Crippen molar-refractivity contribution in [3.05, 3.63) is 34.6 Å². The lowest BCUT2D eigenvalue weighted by atomic mass is 9.82. The Bertz CT molecular complexity index is 354. The van der Waals surface area contributed by atoms with Gasteiger partial charge in [0.15, 0.2) is 0 Å². The smallest absolute Gasteiger partial charge is 0.124 e. The van der Waals surface area contributed by atoms with Crippen LogP contribution in [-0.2, 0) is 0 Å². The van der Waals surface area contributed by atoms with Gasteiger partial charge in [0.25, 0.3) is 0 Å². The van der Waals surface area contributed by atoms with Crippen molar-refractivity contribution in [1.29, 1.82) is 0 Å². The minimum absolute atomic E-state index is 0.0537. The van der Waals surface area contributed by atoms with Gasteiger partial charge in [-0.25, -0.2) is 4.39 Å². The van der Waals surface area contributed by atoms with Crippen molar-refractivity contribution in [3.8, 4) is 0 Å². The zero-order valence-corrected chi connectivity index (χ0v) is 9.55. The molecule has 0 heterocycles. The monoisotopic (exact) mass is 231 g/mol. The van der Waals surface area contributed by atoms with E-state index < -0.39 is 17.3 Å². The van der Waals surface area contributed by atoms with Crippen LogP contribution >= 0.6 is 11.6 Å². The Balaban J connectivity index is 3.06. The number of hydrogen-bond donors (Lipinski definition) is 2. The zero-order chi connectivity index (χ0) is 11.6. The Labute approximate surface area is 93.9 Å². The van der Waals surface area contributed by atoms with Crippen molar-refractivity contribution >= 4 is 11.6 Å². The van der Waals surface area contributed by atoms with E-state index >= 15 is 0 Å². The van der Waals surface area contributed by atoms with E-state index in [1.807, 2.05) is 13.8 Å². The summed E-state index contributed by atoms with van der Waals surface area (Å²) in [5, 5.41) is 9.47. The molecule has 3 N–H and O–H groups in total. The molecule has 0 saturated carbocycles. The first-order valence-corrected chi connectivity index (χ1v) is 5.07. The Morgan fingerprint density at radius 2 is 2.13 bits per heavy atom. The average Bonchev–Trinajstić information content (AvgIpc) is 2.17. The average molecular weight is 232 g/mol. The van der Waals surface area contributed by atoms with Crippen LogP contribution < -0.4 is 5.73 Å². The molecular formula is C11H15ClFNO. The van der Waals surface area contributed by atoms with Crippen LogP contribution in [0.25, 0.3) is 0 Å². The van der Waals surface area contributed by atoms with Crippen molar-refractivity contribution in [1.82, 2.24) is 0 Å². The zero-order valence-electron chi connectivity index (χ0n) is 8.80. The Hall–Kier alpha value is -0.640. The summed E-state index contributed by atoms with van der Waals surface area (Å²) < 4.78 is 12.8. The van der Waals surface area contributed by atoms with Gasteiger partial charge in [-0.15, -0.1) is 0 Å². The van der Waals surface area contributed by atoms with Crippen molar-refractivity contribution in [2.45, 2.75) is 19.9 Å². The highest BCUT2D eigenvalue weighted by Crippen LogP contribution is 2.34. The van der Waals surface area contributed by atoms with Gasteiger partial charge in [-0.1, -0.05) is 31.5 Å². The highest BCUT2D eigenvalue weighted by molar-refractivity contribution is 6.31. The molecule has 0 bridgehead atoms. The molecule has 4 heteroatoms. The Kier molecular flexibility index (Phi) is 3.71. The molecule has 0 fully saturated rings. The van der Waals surface area contributed by atoms with Gasteiger partial charge in [0.05, 0.1) is 0 Å². The van der Waals surface area contributed by atoms with Gasteiger partial charge >= 0.3 is 0 Å². The number of rotatable bonds is 3. The largest absolute Gasteiger partial charge is 0.396 e. The standard InChI is InChI=1S/C11H15ClFNO/c1-11(2,6-15)10(14)8-4-3-7(13)5-9(8)12/h3-5,10,15H,6,14H2,1-2H3/t10-/m1/s1. The number of nitrogens with two attached hydrogens (primary N) is 1. The van der Waals surface area contributed by atoms with Crippen LogP contribution in [0.4, 0.5) is 4.39 Å². The van der Waals surface area contributed by atoms with Gasteiger partial charge in [-0.2, -0.15) is 0 Å². The summed E-state index contributed by atoms with van der Waals surface area (Å²) >= 11 is 5.89. The molecule has 1 rings (SSSR count). The summed E-state index contributed by atoms with van der Waals surface area (Å²) in [4.78, 5) is 0. The SMILES string of the molecule is CC(C)(CO)[C@H](N)c1ccc(F)cc1Cl. The highest BCUT2D eigenvalue weighted by atomic mass is 35.5. The summed E-state index contributed by atoms with van der Waals surface area (Å²) in [6.07, 6.45) is 0. The predicted molar refractivity (Wildman–Crippen MR) is 59.2 cm³/mol. The van der Waals surface area contributed by atoms with E-state index in [4.69, 9.17) is 17.3 Å². The van der Waals surface area contributed by atoms with E-state index in [-0.39, 0.29) is 6.61 Å². The van der Waals surface area contributed by atoms with E-state index in [1.54, 1.807) is 6.07 Å². The molecule has 0 aromatic heterocycles. The van der Waals surface area contributed by atoms with Crippen LogP contribution in [0.15, 0.2) is 18.2 Å². The van der Waals surface area contributed by atoms with Gasteiger partial charge in [0, 0.05) is 23.1 Å². The maximum Gasteiger partial charge on any atom is 0.124 e. The normalized spacial score (nSPS) is 14.0. The molecule has 15 heavy (non-hydrogen) atoms. The van der Waals surface area contributed by atoms with Crippen molar-refractivity contribution in [2.24, 2.45) is 11.1 Å². The first-order chi connectivity index (χ1) is 6.88. The summed E-state index contributed by atoms with van der Waals surface area (Å²) in [5.41, 5.74) is 6.13. The molecule has 1 atom stereocenters. The van der Waals surface area contributed by atoms with Crippen molar-refractivity contribution in [3.63, 3.8) is 0 Å². The molecule has 0 aliphatic rings. The first kappa shape index (κ1) is 12.4. The first-order valence-electron chi connectivity index (χ1n) is 4.70. The molecule has 0 spiro atoms. The molecule has 84 valence electrons. The van der Waals surface area contributed by atoms with Crippen LogP contribution in [0, 0.1) is 11.2 Å². The van der Waals surface area contributed by atoms with Crippen LogP contribution in [0.5, 0.6) is 0 Å². The molecule has 0 amide bonds. The van der Waals surface area contributed by atoms with Crippen molar-refractivity contribution < 1.29 is 9.50 Å². The second-order valence-electron chi connectivity index (χ2n) is 4.29. The minimum Gasteiger partial charge on any atom is -0.396 e. The van der Waals surface area contributed by atoms with E-state index in [9.17, 15) is 9.50 Å². The molecule has 2 nitrogen and oxygen atoms in total. The maximum atomic E-state index is 12.8. The van der Waals surface area contributed by atoms with Gasteiger partial charge in [0.1, 0.15) is 5.82 Å². The third-order valence-electron chi connectivity index (χ3n) is 2.55. The molecule has 0 unspecified atom stereocenters. The van der Waals surface area contributed by atoms with E-state index in [0.29, 0.717) is 10.6 Å². The van der Waals surface area contributed by atoms with Gasteiger partial charge in [-0.05, 0) is 17.7 Å². The lowest BCUT2D eigenvalue weighted by molar-refractivity contribution is 0.132. The minimum atomic E-state index is -0.485. The number of halogens is 2. The maximum absolute atomic E-state index is 12.8. The number of aliphatic hydroxyl groups is 1. The fourth-order valence-corrected chi connectivity index (χ4v) is 1.56. The summed E-state index contributed by atoms with van der Waals surface area (Å²) in [7, 11) is 0. The molecular weight excluding hydrogens is 217 g/mol. The van der Waals surface area contributed by atoms with E-state index in [0.717, 1.165) is 0 Å². The van der Waals surface area contributed by atoms with Crippen LogP contribution in [0.2, 0.25) is 5.02 Å². The second-order valence-corrected chi connectivity index (χ2v) is 4.70. The number of hydrogen-bond acceptors (Lipinski definition) is 2. The van der Waals surface area contributed by atoms with Crippen LogP contribution in [0.3, 0.4) is 0 Å². The molecule has 0 aliphatic heterocycles. The summed E-state index contributed by atoms with van der Waals surface area (Å²) in [6, 6.07) is 3.67. The van der Waals surface area contributed by atoms with Crippen LogP contribution in [0.1, 0.15) is 25.5 Å². The molecule has 0 saturated heterocycles. The lowest BCUT2D eigenvalue weighted by Gasteiger charge is -2.30. The predicted octanol–water partition coefficient (Wildman–Crippen LogP) is 2.50. The third kappa shape index (κ3) is 2.68. The van der Waals surface area contributed by atoms with E-state index in [1.165, 1.54) is 12.1 Å². The molecule has 0 radical (unpaired) electrons. The highest BCUT2D eigenvalue weighted by Gasteiger charge is 2.28. The number of aliphatic hydroxyl groups excluding tert-OH is 1. The fraction of sp³-hybridized carbons (Fsp3) is 0.455. The summed E-state index contributed by atoms with van der Waals surface area (Å²) in [6.45, 7) is 3.61. The fourth-order valence-electron chi connectivity index (χ4n) is 1.27. The molecule has 1 aromatic carbocycles. The quantitative estimate of drug-likeness (QED) is 0.840. The topological polar surface area (TPSA) is 46.2 Å². The van der Waals surface area contributed by atoms with Gasteiger partial charge < -0.3 is 10.8 Å². The van der Waals surface area contributed by atoms with Crippen molar-refractivity contribution in [2.75, 3.05) is 6.61 Å². The Morgan fingerprint density at radius 3 is 2.60 bits per heavy atom. The molecule has 0 aliphatic carbocycles. The Morgan fingerprint density at radius 1 is 1.53 bits per heavy atom. The third-order valence-corrected chi connectivity index (χ3v) is 2.87. The van der Waals surface area contributed by atoms with E-state index in [2.05, 4.69) is 0 Å².